The number of anilines is 1. The molecule has 8 nitrogen and oxygen atoms in total. The predicted octanol–water partition coefficient (Wildman–Crippen LogP) is 3.44. The molecule has 1 N–H and O–H groups in total. The molecule has 3 aliphatic rings. The Labute approximate surface area is 204 Å². The number of likely N-dealkylation sites (N-methyl/N-ethyl adjacent to an activating group) is 1. The van der Waals surface area contributed by atoms with Gasteiger partial charge in [-0.3, -0.25) is 14.5 Å². The summed E-state index contributed by atoms with van der Waals surface area (Å²) in [5.41, 5.74) is 1.44. The van der Waals surface area contributed by atoms with Crippen LogP contribution in [0.2, 0.25) is 0 Å². The summed E-state index contributed by atoms with van der Waals surface area (Å²) in [5.74, 6) is -0.138. The molecule has 2 aromatic carbocycles. The van der Waals surface area contributed by atoms with Gasteiger partial charge in [-0.15, -0.1) is 0 Å². The van der Waals surface area contributed by atoms with Gasteiger partial charge in [0.25, 0.3) is 0 Å². The molecule has 2 heterocycles. The molecule has 35 heavy (non-hydrogen) atoms. The lowest BCUT2D eigenvalue weighted by atomic mass is 9.80. The molecule has 0 bridgehead atoms. The molecule has 2 fully saturated rings. The first-order valence-corrected chi connectivity index (χ1v) is 12.0. The summed E-state index contributed by atoms with van der Waals surface area (Å²) in [6.07, 6.45) is 2.19. The first kappa shape index (κ1) is 22.9. The number of carbonyl (C=O) groups excluding carboxylic acids is 3. The van der Waals surface area contributed by atoms with Crippen molar-refractivity contribution in [2.75, 3.05) is 18.9 Å². The number of benzene rings is 2. The second-order valence-corrected chi connectivity index (χ2v) is 9.74. The average molecular weight is 473 g/mol. The minimum absolute atomic E-state index is 0.110. The Bertz CT molecular complexity index is 1190. The van der Waals surface area contributed by atoms with E-state index in [-0.39, 0.29) is 31.4 Å². The highest BCUT2D eigenvalue weighted by Gasteiger charge is 2.57. The molecule has 1 aliphatic carbocycles. The maximum absolute atomic E-state index is 13.9. The first-order valence-electron chi connectivity index (χ1n) is 12.0. The van der Waals surface area contributed by atoms with E-state index < -0.39 is 23.6 Å². The van der Waals surface area contributed by atoms with Gasteiger partial charge in [-0.05, 0) is 29.5 Å². The molecule has 3 amide bonds. The average Bonchev–Trinajstić information content (AvgIpc) is 3.56. The van der Waals surface area contributed by atoms with E-state index in [4.69, 9.17) is 4.74 Å². The first-order chi connectivity index (χ1) is 16.9. The summed E-state index contributed by atoms with van der Waals surface area (Å²) in [6.45, 7) is 0.222. The number of hydrogen-bond donors (Lipinski definition) is 1. The Kier molecular flexibility index (Phi) is 5.93. The monoisotopic (exact) mass is 472 g/mol. The van der Waals surface area contributed by atoms with Crippen LogP contribution in [0.1, 0.15) is 36.8 Å². The zero-order chi connectivity index (χ0) is 24.6. The zero-order valence-electron chi connectivity index (χ0n) is 19.6. The largest absolute Gasteiger partial charge is 0.445 e. The molecule has 0 aromatic heterocycles. The third-order valence-corrected chi connectivity index (χ3v) is 7.42. The van der Waals surface area contributed by atoms with Crippen molar-refractivity contribution < 1.29 is 19.1 Å². The smallest absolute Gasteiger partial charge is 0.410 e. The Hall–Kier alpha value is -3.86. The quantitative estimate of drug-likeness (QED) is 0.694. The predicted molar refractivity (Wildman–Crippen MR) is 128 cm³/mol. The Morgan fingerprint density at radius 2 is 1.91 bits per heavy atom. The lowest BCUT2D eigenvalue weighted by molar-refractivity contribution is -0.136. The molecule has 0 radical (unpaired) electrons. The molecular weight excluding hydrogens is 444 g/mol. The van der Waals surface area contributed by atoms with Crippen LogP contribution in [-0.2, 0) is 26.3 Å². The number of para-hydroxylation sites is 1. The molecule has 1 spiro atoms. The third-order valence-electron chi connectivity index (χ3n) is 7.42. The Morgan fingerprint density at radius 3 is 2.63 bits per heavy atom. The summed E-state index contributed by atoms with van der Waals surface area (Å²) in [7, 11) is 1.57. The van der Waals surface area contributed by atoms with Gasteiger partial charge in [0.2, 0.25) is 11.8 Å². The topological polar surface area (TPSA) is 103 Å². The second-order valence-electron chi connectivity index (χ2n) is 9.74. The number of rotatable bonds is 6. The van der Waals surface area contributed by atoms with Gasteiger partial charge in [0.1, 0.15) is 18.7 Å². The van der Waals surface area contributed by atoms with Gasteiger partial charge in [-0.25, -0.2) is 4.79 Å². The molecule has 2 aromatic rings. The molecule has 1 unspecified atom stereocenters. The van der Waals surface area contributed by atoms with Crippen LogP contribution in [0.25, 0.3) is 0 Å². The van der Waals surface area contributed by atoms with Crippen LogP contribution in [0.3, 0.4) is 0 Å². The summed E-state index contributed by atoms with van der Waals surface area (Å²) in [6, 6.07) is 17.5. The number of likely N-dealkylation sites (tertiary alicyclic amines) is 1. The number of carbonyl (C=O) groups is 3. The van der Waals surface area contributed by atoms with Gasteiger partial charge in [-0.1, -0.05) is 61.4 Å². The number of amides is 3. The normalized spacial score (nSPS) is 23.4. The molecule has 5 rings (SSSR count). The van der Waals surface area contributed by atoms with Gasteiger partial charge in [0, 0.05) is 25.7 Å². The van der Waals surface area contributed by atoms with Crippen LogP contribution >= 0.6 is 0 Å². The number of hydrogen-bond acceptors (Lipinski definition) is 5. The minimum atomic E-state index is -0.955. The number of nitriles is 1. The van der Waals surface area contributed by atoms with Gasteiger partial charge >= 0.3 is 6.09 Å². The van der Waals surface area contributed by atoms with Crippen LogP contribution in [-0.4, -0.2) is 53.4 Å². The maximum Gasteiger partial charge on any atom is 0.410 e. The summed E-state index contributed by atoms with van der Waals surface area (Å²) < 4.78 is 5.48. The highest BCUT2D eigenvalue weighted by molar-refractivity contribution is 6.07. The van der Waals surface area contributed by atoms with E-state index in [0.29, 0.717) is 12.3 Å². The standard InChI is InChI=1S/C27H28N4O4/c1-30(26(34)35-16-19-7-3-2-4-8-19)23(13-18-11-12-18)24(32)31-17-27(14-20(31)15-28)21-9-5-6-10-22(21)29-25(27)33/h2-10,18,20,23H,11-14,16-17H2,1H3,(H,29,33)/t20?,23-,27-/m0/s1. The van der Waals surface area contributed by atoms with E-state index in [1.165, 1.54) is 9.80 Å². The number of nitrogens with one attached hydrogen (secondary N) is 1. The fourth-order valence-electron chi connectivity index (χ4n) is 5.22. The molecule has 2 aliphatic heterocycles. The van der Waals surface area contributed by atoms with Crippen molar-refractivity contribution in [3.05, 3.63) is 65.7 Å². The van der Waals surface area contributed by atoms with E-state index in [0.717, 1.165) is 29.7 Å². The number of fused-ring (bicyclic) bond motifs is 2. The minimum Gasteiger partial charge on any atom is -0.445 e. The Balaban J connectivity index is 1.36. The van der Waals surface area contributed by atoms with Crippen molar-refractivity contribution in [2.24, 2.45) is 5.92 Å². The van der Waals surface area contributed by atoms with E-state index in [2.05, 4.69) is 11.4 Å². The van der Waals surface area contributed by atoms with Gasteiger partial charge in [-0.2, -0.15) is 5.26 Å². The summed E-state index contributed by atoms with van der Waals surface area (Å²) in [5, 5.41) is 12.8. The molecule has 3 atom stereocenters. The van der Waals surface area contributed by atoms with Crippen LogP contribution in [0.5, 0.6) is 0 Å². The fourth-order valence-corrected chi connectivity index (χ4v) is 5.22. The summed E-state index contributed by atoms with van der Waals surface area (Å²) in [4.78, 5) is 42.7. The number of nitrogens with zero attached hydrogens (tertiary/aromatic N) is 3. The van der Waals surface area contributed by atoms with Crippen molar-refractivity contribution in [1.82, 2.24) is 9.80 Å². The maximum atomic E-state index is 13.9. The van der Waals surface area contributed by atoms with E-state index in [1.807, 2.05) is 54.6 Å². The fraction of sp³-hybridized carbons (Fsp3) is 0.407. The van der Waals surface area contributed by atoms with Gasteiger partial charge < -0.3 is 15.0 Å². The lowest BCUT2D eigenvalue weighted by Gasteiger charge is -2.32. The van der Waals surface area contributed by atoms with Crippen molar-refractivity contribution in [3.8, 4) is 6.07 Å². The van der Waals surface area contributed by atoms with Crippen molar-refractivity contribution in [3.63, 3.8) is 0 Å². The second kappa shape index (κ2) is 9.06. The highest BCUT2D eigenvalue weighted by atomic mass is 16.6. The molecular formula is C27H28N4O4. The van der Waals surface area contributed by atoms with Crippen LogP contribution in [0.15, 0.2) is 54.6 Å². The number of ether oxygens (including phenoxy) is 1. The molecule has 1 saturated heterocycles. The van der Waals surface area contributed by atoms with Crippen molar-refractivity contribution in [2.45, 2.75) is 49.8 Å². The van der Waals surface area contributed by atoms with E-state index in [1.54, 1.807) is 7.05 Å². The van der Waals surface area contributed by atoms with Gasteiger partial charge in [0.15, 0.2) is 0 Å². The zero-order valence-corrected chi connectivity index (χ0v) is 19.6. The lowest BCUT2D eigenvalue weighted by Crippen LogP contribution is -2.51. The van der Waals surface area contributed by atoms with Crippen molar-refractivity contribution >= 4 is 23.6 Å². The SMILES string of the molecule is CN(C(=O)OCc1ccccc1)[C@@H](CC1CC1)C(=O)N1C[C@]2(CC1C#N)C(=O)Nc1ccccc12. The summed E-state index contributed by atoms with van der Waals surface area (Å²) >= 11 is 0. The molecule has 8 heteroatoms. The molecule has 1 saturated carbocycles. The van der Waals surface area contributed by atoms with E-state index in [9.17, 15) is 19.6 Å². The Morgan fingerprint density at radius 1 is 1.20 bits per heavy atom. The van der Waals surface area contributed by atoms with Crippen LogP contribution in [0, 0.1) is 17.2 Å². The van der Waals surface area contributed by atoms with Crippen LogP contribution < -0.4 is 5.32 Å². The highest BCUT2D eigenvalue weighted by Crippen LogP contribution is 2.46. The molecule has 180 valence electrons. The third kappa shape index (κ3) is 4.23. The van der Waals surface area contributed by atoms with E-state index >= 15 is 0 Å². The van der Waals surface area contributed by atoms with Crippen LogP contribution in [0.4, 0.5) is 10.5 Å². The van der Waals surface area contributed by atoms with Crippen molar-refractivity contribution in [1.29, 1.82) is 5.26 Å². The van der Waals surface area contributed by atoms with Gasteiger partial charge in [0.05, 0.1) is 11.5 Å².